The van der Waals surface area contributed by atoms with E-state index in [4.69, 9.17) is 39.4 Å². The maximum atomic E-state index is 6.11. The Balaban J connectivity index is 1.34. The predicted octanol–water partition coefficient (Wildman–Crippen LogP) is 4.39. The number of nitrogens with zero attached hydrogens (tertiary/aromatic N) is 3. The fourth-order valence-corrected chi connectivity index (χ4v) is 4.37. The first kappa shape index (κ1) is 20.0. The van der Waals surface area contributed by atoms with Crippen molar-refractivity contribution in [3.05, 3.63) is 52.0 Å². The van der Waals surface area contributed by atoms with Crippen molar-refractivity contribution in [2.75, 3.05) is 31.2 Å². The van der Waals surface area contributed by atoms with E-state index in [9.17, 15) is 0 Å². The van der Waals surface area contributed by atoms with E-state index in [-0.39, 0.29) is 5.95 Å². The molecule has 0 unspecified atom stereocenters. The van der Waals surface area contributed by atoms with Crippen LogP contribution in [-0.2, 0) is 6.54 Å². The number of fused-ring (bicyclic) bond motifs is 1. The monoisotopic (exact) mass is 431 g/mol. The summed E-state index contributed by atoms with van der Waals surface area (Å²) in [5, 5.41) is 2.07. The maximum Gasteiger partial charge on any atom is 0.222 e. The zero-order valence-electron chi connectivity index (χ0n) is 15.9. The molecule has 4 N–H and O–H groups in total. The van der Waals surface area contributed by atoms with Crippen LogP contribution in [0.3, 0.4) is 0 Å². The van der Waals surface area contributed by atoms with Gasteiger partial charge in [-0.15, -0.1) is 0 Å². The summed E-state index contributed by atoms with van der Waals surface area (Å²) in [6, 6.07) is 11.4. The molecule has 0 atom stereocenters. The fourth-order valence-electron chi connectivity index (χ4n) is 3.80. The molecular formula is C21H23Cl2N5O. The topological polar surface area (TPSA) is 90.3 Å². The quantitative estimate of drug-likeness (QED) is 0.622. The SMILES string of the molecule is Nc1nc(N)c2c(OCC3CCN(Cc4cc(Cl)cc(Cl)c4)CC3)cccc2n1. The molecule has 1 aliphatic heterocycles. The third-order valence-electron chi connectivity index (χ3n) is 5.24. The highest BCUT2D eigenvalue weighted by Gasteiger charge is 2.21. The molecule has 29 heavy (non-hydrogen) atoms. The Morgan fingerprint density at radius 3 is 2.48 bits per heavy atom. The first-order valence-corrected chi connectivity index (χ1v) is 10.4. The second-order valence-electron chi connectivity index (χ2n) is 7.43. The van der Waals surface area contributed by atoms with Gasteiger partial charge in [-0.1, -0.05) is 29.3 Å². The van der Waals surface area contributed by atoms with E-state index in [1.165, 1.54) is 0 Å². The molecule has 0 amide bonds. The zero-order valence-corrected chi connectivity index (χ0v) is 17.5. The number of benzene rings is 2. The first-order valence-electron chi connectivity index (χ1n) is 9.60. The standard InChI is InChI=1S/C21H23Cl2N5O/c22-15-8-14(9-16(23)10-15)11-28-6-4-13(5-7-28)12-29-18-3-1-2-17-19(18)20(24)27-21(25)26-17/h1-3,8-10,13H,4-7,11-12H2,(H4,24,25,26,27). The van der Waals surface area contributed by atoms with Gasteiger partial charge in [0.15, 0.2) is 0 Å². The van der Waals surface area contributed by atoms with Gasteiger partial charge < -0.3 is 16.2 Å². The van der Waals surface area contributed by atoms with Gasteiger partial charge in [-0.25, -0.2) is 4.98 Å². The molecule has 152 valence electrons. The van der Waals surface area contributed by atoms with Gasteiger partial charge in [0, 0.05) is 16.6 Å². The summed E-state index contributed by atoms with van der Waals surface area (Å²) in [5.41, 5.74) is 13.6. The van der Waals surface area contributed by atoms with Gasteiger partial charge in [0.05, 0.1) is 17.5 Å². The van der Waals surface area contributed by atoms with Crippen LogP contribution >= 0.6 is 23.2 Å². The summed E-state index contributed by atoms with van der Waals surface area (Å²) in [4.78, 5) is 10.7. The first-order chi connectivity index (χ1) is 14.0. The van der Waals surface area contributed by atoms with E-state index in [1.54, 1.807) is 6.07 Å². The summed E-state index contributed by atoms with van der Waals surface area (Å²) in [6.07, 6.45) is 2.13. The Hall–Kier alpha value is -2.28. The number of piperidine rings is 1. The van der Waals surface area contributed by atoms with E-state index in [2.05, 4.69) is 14.9 Å². The number of nitrogen functional groups attached to an aromatic ring is 2. The summed E-state index contributed by atoms with van der Waals surface area (Å²) in [5.74, 6) is 1.70. The molecule has 0 spiro atoms. The summed E-state index contributed by atoms with van der Waals surface area (Å²) < 4.78 is 6.11. The number of nitrogens with two attached hydrogens (primary N) is 2. The van der Waals surface area contributed by atoms with Gasteiger partial charge in [-0.05, 0) is 67.7 Å². The summed E-state index contributed by atoms with van der Waals surface area (Å²) in [7, 11) is 0. The van der Waals surface area contributed by atoms with Crippen LogP contribution < -0.4 is 16.2 Å². The molecule has 1 aromatic heterocycles. The van der Waals surface area contributed by atoms with Crippen LogP contribution in [0.15, 0.2) is 36.4 Å². The molecule has 0 bridgehead atoms. The minimum absolute atomic E-state index is 0.167. The largest absolute Gasteiger partial charge is 0.492 e. The zero-order chi connectivity index (χ0) is 20.4. The Morgan fingerprint density at radius 1 is 1.03 bits per heavy atom. The lowest BCUT2D eigenvalue weighted by molar-refractivity contribution is 0.137. The van der Waals surface area contributed by atoms with Crippen molar-refractivity contribution in [1.29, 1.82) is 0 Å². The van der Waals surface area contributed by atoms with Gasteiger partial charge >= 0.3 is 0 Å². The Labute approximate surface area is 179 Å². The number of anilines is 2. The van der Waals surface area contributed by atoms with Crippen LogP contribution in [-0.4, -0.2) is 34.6 Å². The highest BCUT2D eigenvalue weighted by atomic mass is 35.5. The number of ether oxygens (including phenoxy) is 1. The van der Waals surface area contributed by atoms with Crippen LogP contribution in [0.2, 0.25) is 10.0 Å². The van der Waals surface area contributed by atoms with Crippen LogP contribution in [0.4, 0.5) is 11.8 Å². The van der Waals surface area contributed by atoms with Crippen molar-refractivity contribution >= 4 is 45.9 Å². The summed E-state index contributed by atoms with van der Waals surface area (Å²) >= 11 is 12.2. The van der Waals surface area contributed by atoms with E-state index in [0.717, 1.165) is 43.4 Å². The maximum absolute atomic E-state index is 6.11. The minimum atomic E-state index is 0.167. The lowest BCUT2D eigenvalue weighted by Gasteiger charge is -2.32. The van der Waals surface area contributed by atoms with Crippen molar-refractivity contribution < 1.29 is 4.74 Å². The normalized spacial score (nSPS) is 15.7. The van der Waals surface area contributed by atoms with Crippen molar-refractivity contribution in [2.24, 2.45) is 5.92 Å². The smallest absolute Gasteiger partial charge is 0.222 e. The van der Waals surface area contributed by atoms with Crippen molar-refractivity contribution in [2.45, 2.75) is 19.4 Å². The van der Waals surface area contributed by atoms with Gasteiger partial charge in [-0.2, -0.15) is 4.98 Å². The number of hydrogen-bond acceptors (Lipinski definition) is 6. The number of rotatable bonds is 5. The van der Waals surface area contributed by atoms with E-state index < -0.39 is 0 Å². The number of hydrogen-bond donors (Lipinski definition) is 2. The van der Waals surface area contributed by atoms with Crippen molar-refractivity contribution in [1.82, 2.24) is 14.9 Å². The van der Waals surface area contributed by atoms with Crippen molar-refractivity contribution in [3.63, 3.8) is 0 Å². The van der Waals surface area contributed by atoms with Crippen LogP contribution in [0.25, 0.3) is 10.9 Å². The molecule has 0 saturated carbocycles. The lowest BCUT2D eigenvalue weighted by Crippen LogP contribution is -2.35. The Morgan fingerprint density at radius 2 is 1.76 bits per heavy atom. The van der Waals surface area contributed by atoms with Gasteiger partial charge in [0.2, 0.25) is 5.95 Å². The second-order valence-corrected chi connectivity index (χ2v) is 8.30. The van der Waals surface area contributed by atoms with Gasteiger partial charge in [0.25, 0.3) is 0 Å². The van der Waals surface area contributed by atoms with E-state index >= 15 is 0 Å². The molecule has 1 aliphatic rings. The number of halogens is 2. The average molecular weight is 432 g/mol. The molecule has 8 heteroatoms. The van der Waals surface area contributed by atoms with Crippen LogP contribution in [0.1, 0.15) is 18.4 Å². The van der Waals surface area contributed by atoms with E-state index in [0.29, 0.717) is 39.7 Å². The third-order valence-corrected chi connectivity index (χ3v) is 5.68. The molecule has 4 rings (SSSR count). The highest BCUT2D eigenvalue weighted by Crippen LogP contribution is 2.30. The molecule has 0 radical (unpaired) electrons. The van der Waals surface area contributed by atoms with Crippen LogP contribution in [0.5, 0.6) is 5.75 Å². The summed E-state index contributed by atoms with van der Waals surface area (Å²) in [6.45, 7) is 3.51. The highest BCUT2D eigenvalue weighted by molar-refractivity contribution is 6.34. The number of likely N-dealkylation sites (tertiary alicyclic amines) is 1. The molecule has 0 aliphatic carbocycles. The molecule has 1 saturated heterocycles. The van der Waals surface area contributed by atoms with Crippen LogP contribution in [0, 0.1) is 5.92 Å². The average Bonchev–Trinajstić information content (AvgIpc) is 2.66. The third kappa shape index (κ3) is 4.83. The molecule has 6 nitrogen and oxygen atoms in total. The molecule has 2 heterocycles. The van der Waals surface area contributed by atoms with Gasteiger partial charge in [0.1, 0.15) is 11.6 Å². The van der Waals surface area contributed by atoms with Crippen molar-refractivity contribution in [3.8, 4) is 5.75 Å². The Kier molecular flexibility index (Phi) is 5.94. The molecular weight excluding hydrogens is 409 g/mol. The predicted molar refractivity (Wildman–Crippen MR) is 118 cm³/mol. The minimum Gasteiger partial charge on any atom is -0.492 e. The van der Waals surface area contributed by atoms with E-state index in [1.807, 2.05) is 30.3 Å². The Bertz CT molecular complexity index is 1000. The lowest BCUT2D eigenvalue weighted by atomic mass is 9.97. The molecule has 3 aromatic rings. The number of aromatic nitrogens is 2. The second kappa shape index (κ2) is 8.61. The fraction of sp³-hybridized carbons (Fsp3) is 0.333. The molecule has 1 fully saturated rings. The molecule has 2 aromatic carbocycles. The van der Waals surface area contributed by atoms with Gasteiger partial charge in [-0.3, -0.25) is 4.90 Å².